The number of amides is 3. The zero-order valence-corrected chi connectivity index (χ0v) is 12.8. The monoisotopic (exact) mass is 297 g/mol. The number of methoxy groups -OCH3 is 1. The Morgan fingerprint density at radius 2 is 2.14 bits per heavy atom. The van der Waals surface area contributed by atoms with Crippen LogP contribution in [0.4, 0.5) is 0 Å². The van der Waals surface area contributed by atoms with Gasteiger partial charge in [-0.05, 0) is 13.8 Å². The number of nitrogens with one attached hydrogen (secondary N) is 1. The van der Waals surface area contributed by atoms with Crippen LogP contribution in [-0.4, -0.2) is 73.0 Å². The van der Waals surface area contributed by atoms with E-state index in [0.29, 0.717) is 32.8 Å². The summed E-state index contributed by atoms with van der Waals surface area (Å²) in [6, 6.07) is 0. The van der Waals surface area contributed by atoms with Gasteiger partial charge in [-0.3, -0.25) is 14.4 Å². The van der Waals surface area contributed by atoms with Gasteiger partial charge in [0.15, 0.2) is 0 Å². The lowest BCUT2D eigenvalue weighted by molar-refractivity contribution is -0.151. The van der Waals surface area contributed by atoms with Crippen LogP contribution in [0.15, 0.2) is 0 Å². The van der Waals surface area contributed by atoms with Gasteiger partial charge in [0.05, 0.1) is 12.5 Å². The lowest BCUT2D eigenvalue weighted by Crippen LogP contribution is -2.64. The van der Waals surface area contributed by atoms with E-state index in [0.717, 1.165) is 0 Å². The van der Waals surface area contributed by atoms with Crippen molar-refractivity contribution in [2.24, 2.45) is 5.92 Å². The fraction of sp³-hybridized carbons (Fsp3) is 0.786. The van der Waals surface area contributed by atoms with Gasteiger partial charge in [0, 0.05) is 39.7 Å². The molecule has 118 valence electrons. The molecule has 1 N–H and O–H groups in total. The zero-order valence-electron chi connectivity index (χ0n) is 12.8. The van der Waals surface area contributed by atoms with Crippen LogP contribution >= 0.6 is 0 Å². The molecule has 0 bridgehead atoms. The number of piperazine rings is 1. The lowest BCUT2D eigenvalue weighted by Gasteiger charge is -2.42. The van der Waals surface area contributed by atoms with Crippen molar-refractivity contribution < 1.29 is 19.1 Å². The van der Waals surface area contributed by atoms with Gasteiger partial charge in [-0.2, -0.15) is 0 Å². The van der Waals surface area contributed by atoms with Gasteiger partial charge in [0.2, 0.25) is 17.7 Å². The highest BCUT2D eigenvalue weighted by atomic mass is 16.5. The summed E-state index contributed by atoms with van der Waals surface area (Å²) in [5, 5.41) is 2.77. The van der Waals surface area contributed by atoms with E-state index in [9.17, 15) is 14.4 Å². The Morgan fingerprint density at radius 3 is 2.81 bits per heavy atom. The van der Waals surface area contributed by atoms with Crippen LogP contribution in [0.2, 0.25) is 0 Å². The average Bonchev–Trinajstić information content (AvgIpc) is 2.80. The van der Waals surface area contributed by atoms with Gasteiger partial charge in [-0.15, -0.1) is 0 Å². The van der Waals surface area contributed by atoms with Gasteiger partial charge in [-0.25, -0.2) is 0 Å². The molecule has 21 heavy (non-hydrogen) atoms. The van der Waals surface area contributed by atoms with Crippen molar-refractivity contribution in [2.75, 3.05) is 39.9 Å². The maximum atomic E-state index is 12.7. The average molecular weight is 297 g/mol. The molecule has 7 heteroatoms. The molecular weight excluding hydrogens is 274 g/mol. The van der Waals surface area contributed by atoms with E-state index < -0.39 is 5.54 Å². The predicted molar refractivity (Wildman–Crippen MR) is 75.4 cm³/mol. The fourth-order valence-electron chi connectivity index (χ4n) is 2.86. The van der Waals surface area contributed by atoms with E-state index in [1.54, 1.807) is 30.8 Å². The number of likely N-dealkylation sites (tertiary alicyclic amines) is 1. The molecule has 2 rings (SSSR count). The minimum absolute atomic E-state index is 0.0235. The van der Waals surface area contributed by atoms with Gasteiger partial charge in [-0.1, -0.05) is 0 Å². The van der Waals surface area contributed by atoms with Crippen LogP contribution in [-0.2, 0) is 19.1 Å². The first kappa shape index (κ1) is 15.8. The van der Waals surface area contributed by atoms with Gasteiger partial charge in [0.25, 0.3) is 0 Å². The Balaban J connectivity index is 2.04. The standard InChI is InChI=1S/C14H23N3O4/c1-14(2)13(20)15-4-5-17(14)12(19)10-8-11(18)16(9-10)6-7-21-3/h10H,4-9H2,1-3H3,(H,15,20). The molecule has 2 heterocycles. The summed E-state index contributed by atoms with van der Waals surface area (Å²) in [4.78, 5) is 39.8. The molecule has 0 aromatic carbocycles. The third-order valence-corrected chi connectivity index (χ3v) is 4.25. The summed E-state index contributed by atoms with van der Waals surface area (Å²) in [6.45, 7) is 5.79. The molecule has 3 amide bonds. The highest BCUT2D eigenvalue weighted by Crippen LogP contribution is 2.25. The van der Waals surface area contributed by atoms with Crippen molar-refractivity contribution >= 4 is 17.7 Å². The molecular formula is C14H23N3O4. The second kappa shape index (κ2) is 6.01. The van der Waals surface area contributed by atoms with Crippen LogP contribution in [0.5, 0.6) is 0 Å². The van der Waals surface area contributed by atoms with Crippen LogP contribution in [0, 0.1) is 5.92 Å². The van der Waals surface area contributed by atoms with Crippen molar-refractivity contribution in [3.63, 3.8) is 0 Å². The summed E-state index contributed by atoms with van der Waals surface area (Å²) in [5.41, 5.74) is -0.863. The summed E-state index contributed by atoms with van der Waals surface area (Å²) in [7, 11) is 1.58. The molecule has 2 fully saturated rings. The molecule has 1 atom stereocenters. The minimum Gasteiger partial charge on any atom is -0.383 e. The Bertz CT molecular complexity index is 450. The van der Waals surface area contributed by atoms with E-state index in [-0.39, 0.29) is 30.1 Å². The van der Waals surface area contributed by atoms with E-state index in [4.69, 9.17) is 4.74 Å². The topological polar surface area (TPSA) is 79.0 Å². The first-order valence-electron chi connectivity index (χ1n) is 7.24. The fourth-order valence-corrected chi connectivity index (χ4v) is 2.86. The molecule has 0 spiro atoms. The summed E-state index contributed by atoms with van der Waals surface area (Å²) in [6.07, 6.45) is 0.219. The molecule has 2 aliphatic heterocycles. The number of nitrogens with zero attached hydrogens (tertiary/aromatic N) is 2. The van der Waals surface area contributed by atoms with Crippen LogP contribution < -0.4 is 5.32 Å². The third kappa shape index (κ3) is 3.02. The Labute approximate surface area is 124 Å². The number of carbonyl (C=O) groups excluding carboxylic acids is 3. The Hall–Kier alpha value is -1.63. The minimum atomic E-state index is -0.863. The number of hydrogen-bond donors (Lipinski definition) is 1. The van der Waals surface area contributed by atoms with Crippen LogP contribution in [0.25, 0.3) is 0 Å². The molecule has 0 radical (unpaired) electrons. The van der Waals surface area contributed by atoms with Gasteiger partial charge >= 0.3 is 0 Å². The summed E-state index contributed by atoms with van der Waals surface area (Å²) >= 11 is 0. The molecule has 2 saturated heterocycles. The molecule has 0 aromatic heterocycles. The largest absolute Gasteiger partial charge is 0.383 e. The molecule has 2 aliphatic rings. The summed E-state index contributed by atoms with van der Waals surface area (Å²) in [5.74, 6) is -0.644. The second-order valence-electron chi connectivity index (χ2n) is 6.04. The first-order valence-corrected chi connectivity index (χ1v) is 7.24. The number of hydrogen-bond acceptors (Lipinski definition) is 4. The van der Waals surface area contributed by atoms with E-state index in [1.807, 2.05) is 0 Å². The molecule has 0 saturated carbocycles. The molecule has 7 nitrogen and oxygen atoms in total. The van der Waals surface area contributed by atoms with Crippen molar-refractivity contribution in [1.29, 1.82) is 0 Å². The molecule has 0 aromatic rings. The van der Waals surface area contributed by atoms with Gasteiger partial charge < -0.3 is 19.9 Å². The predicted octanol–water partition coefficient (Wildman–Crippen LogP) is -0.782. The second-order valence-corrected chi connectivity index (χ2v) is 6.04. The maximum absolute atomic E-state index is 12.7. The summed E-state index contributed by atoms with van der Waals surface area (Å²) < 4.78 is 4.97. The Morgan fingerprint density at radius 1 is 1.43 bits per heavy atom. The molecule has 1 unspecified atom stereocenters. The first-order chi connectivity index (χ1) is 9.87. The van der Waals surface area contributed by atoms with Crippen LogP contribution in [0.3, 0.4) is 0 Å². The van der Waals surface area contributed by atoms with E-state index >= 15 is 0 Å². The van der Waals surface area contributed by atoms with Crippen molar-refractivity contribution in [2.45, 2.75) is 25.8 Å². The van der Waals surface area contributed by atoms with Crippen LogP contribution in [0.1, 0.15) is 20.3 Å². The highest BCUT2D eigenvalue weighted by Gasteiger charge is 2.45. The van der Waals surface area contributed by atoms with Gasteiger partial charge in [0.1, 0.15) is 5.54 Å². The normalized spacial score (nSPS) is 25.2. The quantitative estimate of drug-likeness (QED) is 0.738. The third-order valence-electron chi connectivity index (χ3n) is 4.25. The number of rotatable bonds is 4. The highest BCUT2D eigenvalue weighted by molar-refractivity contribution is 5.95. The van der Waals surface area contributed by atoms with Crippen molar-refractivity contribution in [3.05, 3.63) is 0 Å². The van der Waals surface area contributed by atoms with E-state index in [2.05, 4.69) is 5.32 Å². The van der Waals surface area contributed by atoms with E-state index in [1.165, 1.54) is 0 Å². The lowest BCUT2D eigenvalue weighted by atomic mass is 9.95. The SMILES string of the molecule is COCCN1CC(C(=O)N2CCNC(=O)C2(C)C)CC1=O. The Kier molecular flexibility index (Phi) is 4.51. The molecule has 0 aliphatic carbocycles. The smallest absolute Gasteiger partial charge is 0.245 e. The number of carbonyl (C=O) groups is 3. The van der Waals surface area contributed by atoms with Crippen molar-refractivity contribution in [1.82, 2.24) is 15.1 Å². The zero-order chi connectivity index (χ0) is 15.6. The van der Waals surface area contributed by atoms with Crippen molar-refractivity contribution in [3.8, 4) is 0 Å². The maximum Gasteiger partial charge on any atom is 0.245 e. The number of ether oxygens (including phenoxy) is 1.